The van der Waals surface area contributed by atoms with Crippen molar-refractivity contribution in [3.8, 4) is 5.75 Å². The van der Waals surface area contributed by atoms with Gasteiger partial charge in [-0.05, 0) is 49.2 Å². The fourth-order valence-corrected chi connectivity index (χ4v) is 2.32. The molecule has 1 amide bonds. The lowest BCUT2D eigenvalue weighted by atomic mass is 10.2. The van der Waals surface area contributed by atoms with E-state index in [2.05, 4.69) is 5.32 Å². The summed E-state index contributed by atoms with van der Waals surface area (Å²) in [4.78, 5) is 23.4. The Bertz CT molecular complexity index is 782. The Balaban J connectivity index is 1.64. The molecule has 7 heteroatoms. The van der Waals surface area contributed by atoms with Gasteiger partial charge >= 0.3 is 5.97 Å². The molecule has 2 aromatic rings. The normalized spacial score (nSPS) is 10.3. The SMILES string of the molecule is Cc1cccc(OCCCC(=O)OCC(=O)Nc2ccc(F)cc2Cl)c1. The molecule has 0 aliphatic heterocycles. The van der Waals surface area contributed by atoms with E-state index in [1.165, 1.54) is 12.1 Å². The number of ether oxygens (including phenoxy) is 2. The zero-order chi connectivity index (χ0) is 18.9. The van der Waals surface area contributed by atoms with Gasteiger partial charge in [-0.2, -0.15) is 0 Å². The highest BCUT2D eigenvalue weighted by Crippen LogP contribution is 2.22. The molecule has 0 unspecified atom stereocenters. The van der Waals surface area contributed by atoms with Gasteiger partial charge in [0.05, 0.1) is 17.3 Å². The van der Waals surface area contributed by atoms with E-state index >= 15 is 0 Å². The van der Waals surface area contributed by atoms with Crippen LogP contribution in [0.1, 0.15) is 18.4 Å². The summed E-state index contributed by atoms with van der Waals surface area (Å²) in [5, 5.41) is 2.51. The van der Waals surface area contributed by atoms with Gasteiger partial charge in [-0.15, -0.1) is 0 Å². The fraction of sp³-hybridized carbons (Fsp3) is 0.263. The van der Waals surface area contributed by atoms with Crippen molar-refractivity contribution in [1.29, 1.82) is 0 Å². The van der Waals surface area contributed by atoms with E-state index < -0.39 is 24.3 Å². The average molecular weight is 380 g/mol. The van der Waals surface area contributed by atoms with Gasteiger partial charge in [-0.1, -0.05) is 23.7 Å². The smallest absolute Gasteiger partial charge is 0.306 e. The van der Waals surface area contributed by atoms with Crippen molar-refractivity contribution in [2.24, 2.45) is 0 Å². The lowest BCUT2D eigenvalue weighted by molar-refractivity contribution is -0.147. The number of halogens is 2. The van der Waals surface area contributed by atoms with Crippen LogP contribution < -0.4 is 10.1 Å². The molecule has 1 N–H and O–H groups in total. The molecule has 0 aliphatic rings. The number of amides is 1. The molecule has 5 nitrogen and oxygen atoms in total. The van der Waals surface area contributed by atoms with Gasteiger partial charge in [0.1, 0.15) is 11.6 Å². The average Bonchev–Trinajstić information content (AvgIpc) is 2.59. The van der Waals surface area contributed by atoms with Crippen molar-refractivity contribution < 1.29 is 23.5 Å². The van der Waals surface area contributed by atoms with E-state index in [-0.39, 0.29) is 17.1 Å². The van der Waals surface area contributed by atoms with Crippen LogP contribution in [0, 0.1) is 12.7 Å². The van der Waals surface area contributed by atoms with Crippen molar-refractivity contribution in [2.45, 2.75) is 19.8 Å². The number of hydrogen-bond acceptors (Lipinski definition) is 4. The van der Waals surface area contributed by atoms with E-state index in [9.17, 15) is 14.0 Å². The molecular weight excluding hydrogens is 361 g/mol. The summed E-state index contributed by atoms with van der Waals surface area (Å²) in [5.41, 5.74) is 1.34. The van der Waals surface area contributed by atoms with Crippen LogP contribution in [0.3, 0.4) is 0 Å². The second-order valence-electron chi connectivity index (χ2n) is 5.60. The first kappa shape index (κ1) is 19.7. The first-order valence-electron chi connectivity index (χ1n) is 8.04. The molecule has 138 valence electrons. The Kier molecular flexibility index (Phi) is 7.41. The number of carbonyl (C=O) groups is 2. The molecule has 0 fully saturated rings. The van der Waals surface area contributed by atoms with Gasteiger partial charge in [0.15, 0.2) is 6.61 Å². The summed E-state index contributed by atoms with van der Waals surface area (Å²) in [5.74, 6) is -0.817. The van der Waals surface area contributed by atoms with Crippen molar-refractivity contribution in [2.75, 3.05) is 18.5 Å². The number of anilines is 1. The molecule has 2 aromatic carbocycles. The minimum absolute atomic E-state index is 0.0676. The summed E-state index contributed by atoms with van der Waals surface area (Å²) < 4.78 is 23.4. The van der Waals surface area contributed by atoms with Gasteiger partial charge < -0.3 is 14.8 Å². The topological polar surface area (TPSA) is 64.6 Å². The molecule has 2 rings (SSSR count). The summed E-state index contributed by atoms with van der Waals surface area (Å²) in [6, 6.07) is 11.2. The van der Waals surface area contributed by atoms with Crippen LogP contribution in [0.5, 0.6) is 5.75 Å². The minimum atomic E-state index is -0.553. The molecule has 0 radical (unpaired) electrons. The molecule has 0 spiro atoms. The molecular formula is C19H19ClFNO4. The monoisotopic (exact) mass is 379 g/mol. The number of rotatable bonds is 8. The van der Waals surface area contributed by atoms with Crippen LogP contribution in [-0.4, -0.2) is 25.1 Å². The van der Waals surface area contributed by atoms with E-state index in [1.807, 2.05) is 31.2 Å². The predicted octanol–water partition coefficient (Wildman–Crippen LogP) is 4.13. The Hall–Kier alpha value is -2.60. The van der Waals surface area contributed by atoms with E-state index in [0.29, 0.717) is 13.0 Å². The third-order valence-electron chi connectivity index (χ3n) is 3.35. The highest BCUT2D eigenvalue weighted by Gasteiger charge is 2.10. The number of benzene rings is 2. The van der Waals surface area contributed by atoms with Gasteiger partial charge in [0.2, 0.25) is 0 Å². The number of esters is 1. The maximum absolute atomic E-state index is 12.9. The maximum atomic E-state index is 12.9. The van der Waals surface area contributed by atoms with E-state index in [1.54, 1.807) is 0 Å². The predicted molar refractivity (Wildman–Crippen MR) is 96.9 cm³/mol. The van der Waals surface area contributed by atoms with Crippen molar-refractivity contribution in [3.05, 3.63) is 58.9 Å². The van der Waals surface area contributed by atoms with Crippen molar-refractivity contribution >= 4 is 29.2 Å². The Morgan fingerprint density at radius 2 is 2.00 bits per heavy atom. The fourth-order valence-electron chi connectivity index (χ4n) is 2.11. The number of carbonyl (C=O) groups excluding carboxylic acids is 2. The Morgan fingerprint density at radius 1 is 1.19 bits per heavy atom. The highest BCUT2D eigenvalue weighted by atomic mass is 35.5. The molecule has 26 heavy (non-hydrogen) atoms. The lowest BCUT2D eigenvalue weighted by Gasteiger charge is -2.09. The van der Waals surface area contributed by atoms with Crippen molar-refractivity contribution in [3.63, 3.8) is 0 Å². The molecule has 0 bridgehead atoms. The van der Waals surface area contributed by atoms with E-state index in [4.69, 9.17) is 21.1 Å². The van der Waals surface area contributed by atoms with Crippen LogP contribution in [-0.2, 0) is 14.3 Å². The molecule has 0 heterocycles. The first-order chi connectivity index (χ1) is 12.4. The Labute approximate surface area is 156 Å². The maximum Gasteiger partial charge on any atom is 0.306 e. The van der Waals surface area contributed by atoms with Crippen LogP contribution >= 0.6 is 11.6 Å². The quantitative estimate of drug-likeness (QED) is 0.553. The number of hydrogen-bond donors (Lipinski definition) is 1. The lowest BCUT2D eigenvalue weighted by Crippen LogP contribution is -2.21. The third kappa shape index (κ3) is 6.72. The molecule has 0 aliphatic carbocycles. The van der Waals surface area contributed by atoms with Crippen LogP contribution in [0.4, 0.5) is 10.1 Å². The van der Waals surface area contributed by atoms with Crippen LogP contribution in [0.25, 0.3) is 0 Å². The largest absolute Gasteiger partial charge is 0.494 e. The minimum Gasteiger partial charge on any atom is -0.494 e. The van der Waals surface area contributed by atoms with Gasteiger partial charge in [0.25, 0.3) is 5.91 Å². The van der Waals surface area contributed by atoms with Gasteiger partial charge in [0, 0.05) is 6.42 Å². The van der Waals surface area contributed by atoms with Crippen LogP contribution in [0.15, 0.2) is 42.5 Å². The number of aryl methyl sites for hydroxylation is 1. The molecule has 0 aromatic heterocycles. The summed E-state index contributed by atoms with van der Waals surface area (Å²) in [6.45, 7) is 1.90. The summed E-state index contributed by atoms with van der Waals surface area (Å²) in [7, 11) is 0. The van der Waals surface area contributed by atoms with Crippen LogP contribution in [0.2, 0.25) is 5.02 Å². The van der Waals surface area contributed by atoms with Crippen molar-refractivity contribution in [1.82, 2.24) is 0 Å². The number of nitrogens with one attached hydrogen (secondary N) is 1. The van der Waals surface area contributed by atoms with Gasteiger partial charge in [-0.3, -0.25) is 9.59 Å². The highest BCUT2D eigenvalue weighted by molar-refractivity contribution is 6.33. The first-order valence-corrected chi connectivity index (χ1v) is 8.42. The molecule has 0 saturated carbocycles. The van der Waals surface area contributed by atoms with Gasteiger partial charge in [-0.25, -0.2) is 4.39 Å². The second-order valence-corrected chi connectivity index (χ2v) is 6.01. The summed E-state index contributed by atoms with van der Waals surface area (Å²) in [6.07, 6.45) is 0.606. The zero-order valence-corrected chi connectivity index (χ0v) is 15.0. The zero-order valence-electron chi connectivity index (χ0n) is 14.3. The molecule has 0 saturated heterocycles. The standard InChI is InChI=1S/C19H19ClFNO4/c1-13-4-2-5-15(10-13)25-9-3-6-19(24)26-12-18(23)22-17-8-7-14(21)11-16(17)20/h2,4-5,7-8,10-11H,3,6,9,12H2,1H3,(H,22,23). The third-order valence-corrected chi connectivity index (χ3v) is 3.67. The molecule has 0 atom stereocenters. The van der Waals surface area contributed by atoms with E-state index in [0.717, 1.165) is 17.4 Å². The summed E-state index contributed by atoms with van der Waals surface area (Å²) >= 11 is 5.80. The Morgan fingerprint density at radius 3 is 2.73 bits per heavy atom. The second kappa shape index (κ2) is 9.77.